The van der Waals surface area contributed by atoms with E-state index in [0.717, 1.165) is 12.8 Å². The highest BCUT2D eigenvalue weighted by Gasteiger charge is 2.10. The minimum absolute atomic E-state index is 0.000566. The van der Waals surface area contributed by atoms with E-state index in [2.05, 4.69) is 6.92 Å². The van der Waals surface area contributed by atoms with Gasteiger partial charge >= 0.3 is 0 Å². The molecule has 0 heterocycles. The summed E-state index contributed by atoms with van der Waals surface area (Å²) in [6, 6.07) is 4.37. The van der Waals surface area contributed by atoms with Crippen molar-refractivity contribution >= 4 is 0 Å². The van der Waals surface area contributed by atoms with Gasteiger partial charge in [-0.05, 0) is 31.0 Å². The van der Waals surface area contributed by atoms with Crippen LogP contribution in [0.3, 0.4) is 0 Å². The third-order valence-electron chi connectivity index (χ3n) is 2.87. The van der Waals surface area contributed by atoms with Crippen LogP contribution in [0.2, 0.25) is 0 Å². The van der Waals surface area contributed by atoms with E-state index >= 15 is 0 Å². The van der Waals surface area contributed by atoms with E-state index in [1.54, 1.807) is 13.0 Å². The average Bonchev–Trinajstić information content (AvgIpc) is 2.42. The maximum Gasteiger partial charge on any atom is 0.165 e. The molecular weight excluding hydrogens is 261 g/mol. The summed E-state index contributed by atoms with van der Waals surface area (Å²) >= 11 is 0. The van der Waals surface area contributed by atoms with E-state index < -0.39 is 11.9 Å². The molecule has 0 spiro atoms. The zero-order valence-electron chi connectivity index (χ0n) is 12.1. The van der Waals surface area contributed by atoms with Gasteiger partial charge in [-0.1, -0.05) is 19.4 Å². The fourth-order valence-corrected chi connectivity index (χ4v) is 1.62. The molecule has 3 N–H and O–H groups in total. The van der Waals surface area contributed by atoms with E-state index in [9.17, 15) is 9.50 Å². The first-order valence-electron chi connectivity index (χ1n) is 6.98. The Morgan fingerprint density at radius 3 is 2.70 bits per heavy atom. The van der Waals surface area contributed by atoms with Crippen molar-refractivity contribution in [3.05, 3.63) is 29.6 Å². The number of unbranched alkanes of at least 4 members (excludes halogenated alkanes) is 1. The first kappa shape index (κ1) is 16.9. The van der Waals surface area contributed by atoms with Crippen LogP contribution >= 0.6 is 0 Å². The molecule has 0 saturated carbocycles. The molecule has 0 aliphatic rings. The molecule has 0 aliphatic heterocycles. The van der Waals surface area contributed by atoms with Gasteiger partial charge in [0.1, 0.15) is 12.7 Å². The zero-order chi connectivity index (χ0) is 15.0. The van der Waals surface area contributed by atoms with Gasteiger partial charge in [-0.3, -0.25) is 0 Å². The maximum atomic E-state index is 13.7. The number of benzene rings is 1. The molecule has 4 nitrogen and oxygen atoms in total. The number of hydrogen-bond acceptors (Lipinski definition) is 4. The minimum Gasteiger partial charge on any atom is -0.488 e. The lowest BCUT2D eigenvalue weighted by Gasteiger charge is -2.14. The average molecular weight is 285 g/mol. The Kier molecular flexibility index (Phi) is 7.51. The number of halogens is 1. The maximum absolute atomic E-state index is 13.7. The van der Waals surface area contributed by atoms with Crippen LogP contribution in [0.4, 0.5) is 4.39 Å². The lowest BCUT2D eigenvalue weighted by atomic mass is 10.1. The Morgan fingerprint density at radius 2 is 2.10 bits per heavy atom. The fourth-order valence-electron chi connectivity index (χ4n) is 1.62. The van der Waals surface area contributed by atoms with Gasteiger partial charge in [0.15, 0.2) is 11.6 Å². The largest absolute Gasteiger partial charge is 0.488 e. The number of rotatable bonds is 9. The smallest absolute Gasteiger partial charge is 0.165 e. The van der Waals surface area contributed by atoms with Crippen LogP contribution in [0.15, 0.2) is 18.2 Å². The van der Waals surface area contributed by atoms with Gasteiger partial charge in [0.2, 0.25) is 0 Å². The van der Waals surface area contributed by atoms with Crippen molar-refractivity contribution < 1.29 is 19.0 Å². The molecule has 1 aromatic rings. The quantitative estimate of drug-likeness (QED) is 0.684. The monoisotopic (exact) mass is 285 g/mol. The molecular formula is C15H24FNO3. The van der Waals surface area contributed by atoms with Crippen LogP contribution in [0, 0.1) is 5.82 Å². The summed E-state index contributed by atoms with van der Waals surface area (Å²) in [5.74, 6) is -0.360. The highest BCUT2D eigenvalue weighted by atomic mass is 19.1. The lowest BCUT2D eigenvalue weighted by molar-refractivity contribution is 0.0106. The molecule has 1 aromatic carbocycles. The molecule has 2 atom stereocenters. The Hall–Kier alpha value is -1.17. The molecule has 114 valence electrons. The van der Waals surface area contributed by atoms with E-state index in [1.807, 2.05) is 0 Å². The Balaban J connectivity index is 2.37. The van der Waals surface area contributed by atoms with E-state index in [4.69, 9.17) is 15.2 Å². The first-order valence-corrected chi connectivity index (χ1v) is 6.98. The van der Waals surface area contributed by atoms with Crippen LogP contribution in [-0.2, 0) is 4.74 Å². The summed E-state index contributed by atoms with van der Waals surface area (Å²) < 4.78 is 24.2. The predicted octanol–water partition coefficient (Wildman–Crippen LogP) is 2.40. The van der Waals surface area contributed by atoms with E-state index in [1.165, 1.54) is 12.1 Å². The number of hydrogen-bond donors (Lipinski definition) is 2. The van der Waals surface area contributed by atoms with Gasteiger partial charge in [-0.2, -0.15) is 0 Å². The minimum atomic E-state index is -0.764. The third-order valence-corrected chi connectivity index (χ3v) is 2.87. The Morgan fingerprint density at radius 1 is 1.35 bits per heavy atom. The Bertz CT molecular complexity index is 399. The number of aliphatic hydroxyl groups is 1. The highest BCUT2D eigenvalue weighted by Crippen LogP contribution is 2.21. The van der Waals surface area contributed by atoms with Gasteiger partial charge in [-0.25, -0.2) is 4.39 Å². The van der Waals surface area contributed by atoms with Crippen LogP contribution in [0.25, 0.3) is 0 Å². The molecule has 5 heteroatoms. The number of nitrogens with two attached hydrogens (primary N) is 1. The van der Waals surface area contributed by atoms with Crippen molar-refractivity contribution in [1.82, 2.24) is 0 Å². The van der Waals surface area contributed by atoms with Crippen LogP contribution in [0.5, 0.6) is 5.75 Å². The van der Waals surface area contributed by atoms with Gasteiger partial charge in [-0.15, -0.1) is 0 Å². The second kappa shape index (κ2) is 8.89. The molecule has 0 radical (unpaired) electrons. The van der Waals surface area contributed by atoms with Gasteiger partial charge < -0.3 is 20.3 Å². The first-order chi connectivity index (χ1) is 9.54. The summed E-state index contributed by atoms with van der Waals surface area (Å²) in [5, 5.41) is 9.65. The molecule has 20 heavy (non-hydrogen) atoms. The van der Waals surface area contributed by atoms with Crippen molar-refractivity contribution in [2.24, 2.45) is 5.73 Å². The standard InChI is InChI=1S/C15H24FNO3/c1-3-4-7-19-9-13(18)10-20-15-6-5-12(11(2)17)8-14(15)16/h5-6,8,11,13,18H,3-4,7,9-10,17H2,1-2H3/t11-,13?/m1/s1. The summed E-state index contributed by atoms with van der Waals surface area (Å²) in [4.78, 5) is 0. The number of aliphatic hydroxyl groups excluding tert-OH is 1. The van der Waals surface area contributed by atoms with Gasteiger partial charge in [0, 0.05) is 12.6 Å². The molecule has 1 rings (SSSR count). The van der Waals surface area contributed by atoms with E-state index in [0.29, 0.717) is 12.2 Å². The molecule has 1 unspecified atom stereocenters. The molecule has 0 aromatic heterocycles. The van der Waals surface area contributed by atoms with Crippen molar-refractivity contribution in [2.75, 3.05) is 19.8 Å². The van der Waals surface area contributed by atoms with Crippen molar-refractivity contribution in [2.45, 2.75) is 38.8 Å². The summed E-state index contributed by atoms with van der Waals surface area (Å²) in [7, 11) is 0. The highest BCUT2D eigenvalue weighted by molar-refractivity contribution is 5.30. The van der Waals surface area contributed by atoms with Gasteiger partial charge in [0.25, 0.3) is 0 Å². The predicted molar refractivity (Wildman–Crippen MR) is 76.2 cm³/mol. The fraction of sp³-hybridized carbons (Fsp3) is 0.600. The lowest BCUT2D eigenvalue weighted by Crippen LogP contribution is -2.24. The zero-order valence-corrected chi connectivity index (χ0v) is 12.1. The number of ether oxygens (including phenoxy) is 2. The normalized spacial score (nSPS) is 14.1. The Labute approximate surface area is 119 Å². The SMILES string of the molecule is CCCCOCC(O)COc1ccc([C@@H](C)N)cc1F. The summed E-state index contributed by atoms with van der Waals surface area (Å²) in [6.45, 7) is 4.66. The third kappa shape index (κ3) is 5.86. The van der Waals surface area contributed by atoms with E-state index in [-0.39, 0.29) is 25.0 Å². The van der Waals surface area contributed by atoms with Crippen molar-refractivity contribution in [3.63, 3.8) is 0 Å². The molecule has 0 fully saturated rings. The van der Waals surface area contributed by atoms with Crippen molar-refractivity contribution in [3.8, 4) is 5.75 Å². The second-order valence-electron chi connectivity index (χ2n) is 4.87. The second-order valence-corrected chi connectivity index (χ2v) is 4.87. The topological polar surface area (TPSA) is 64.7 Å². The molecule has 0 saturated heterocycles. The van der Waals surface area contributed by atoms with Gasteiger partial charge in [0.05, 0.1) is 6.61 Å². The van der Waals surface area contributed by atoms with Crippen molar-refractivity contribution in [1.29, 1.82) is 0 Å². The van der Waals surface area contributed by atoms with Crippen LogP contribution in [0.1, 0.15) is 38.3 Å². The molecule has 0 amide bonds. The van der Waals surface area contributed by atoms with Crippen LogP contribution in [-0.4, -0.2) is 31.0 Å². The molecule has 0 aliphatic carbocycles. The van der Waals surface area contributed by atoms with Crippen LogP contribution < -0.4 is 10.5 Å². The summed E-state index contributed by atoms with van der Waals surface area (Å²) in [5.41, 5.74) is 6.38. The summed E-state index contributed by atoms with van der Waals surface area (Å²) in [6.07, 6.45) is 1.24. The molecule has 0 bridgehead atoms.